The van der Waals surface area contributed by atoms with Gasteiger partial charge in [-0.15, -0.1) is 0 Å². The number of primary amides is 2. The highest BCUT2D eigenvalue weighted by atomic mass is 35.5. The van der Waals surface area contributed by atoms with Crippen molar-refractivity contribution in [3.8, 4) is 0 Å². The maximum atomic E-state index is 12.0. The minimum Gasteiger partial charge on any atom is -0.449 e. The number of anilines is 1. The molecular weight excluding hydrogens is 472 g/mol. The molecule has 0 spiro atoms. The zero-order chi connectivity index (χ0) is 26.0. The van der Waals surface area contributed by atoms with Gasteiger partial charge in [-0.3, -0.25) is 9.79 Å². The number of amides is 3. The number of hydrogen-bond acceptors (Lipinski definition) is 6. The topological polar surface area (TPSA) is 137 Å². The SMILES string of the molecule is CCCC(C)(COC(N)=O)COC(N)=O.CN1C(=O)CN=C(c2ccccc2)c2cc(Cl)ccc21. The van der Waals surface area contributed by atoms with Gasteiger partial charge < -0.3 is 25.8 Å². The van der Waals surface area contributed by atoms with Gasteiger partial charge in [-0.1, -0.05) is 62.2 Å². The Balaban J connectivity index is 0.000000260. The van der Waals surface area contributed by atoms with Crippen LogP contribution in [-0.2, 0) is 14.3 Å². The van der Waals surface area contributed by atoms with Crippen molar-refractivity contribution in [2.45, 2.75) is 26.7 Å². The van der Waals surface area contributed by atoms with E-state index >= 15 is 0 Å². The van der Waals surface area contributed by atoms with E-state index in [2.05, 4.69) is 4.99 Å². The lowest BCUT2D eigenvalue weighted by molar-refractivity contribution is -0.116. The molecule has 3 amide bonds. The van der Waals surface area contributed by atoms with E-state index in [9.17, 15) is 14.4 Å². The number of carbonyl (C=O) groups is 3. The van der Waals surface area contributed by atoms with E-state index in [-0.39, 0.29) is 25.7 Å². The van der Waals surface area contributed by atoms with E-state index in [4.69, 9.17) is 32.5 Å². The Morgan fingerprint density at radius 2 is 1.69 bits per heavy atom. The van der Waals surface area contributed by atoms with Crippen molar-refractivity contribution in [2.24, 2.45) is 21.9 Å². The molecule has 0 radical (unpaired) electrons. The summed E-state index contributed by atoms with van der Waals surface area (Å²) in [6, 6.07) is 15.3. The molecule has 0 unspecified atom stereocenters. The maximum Gasteiger partial charge on any atom is 0.404 e. The van der Waals surface area contributed by atoms with Crippen LogP contribution in [0.4, 0.5) is 15.3 Å². The van der Waals surface area contributed by atoms with Crippen LogP contribution in [0.5, 0.6) is 0 Å². The summed E-state index contributed by atoms with van der Waals surface area (Å²) >= 11 is 6.11. The fourth-order valence-corrected chi connectivity index (χ4v) is 3.76. The van der Waals surface area contributed by atoms with E-state index in [0.29, 0.717) is 5.02 Å². The quantitative estimate of drug-likeness (QED) is 0.586. The van der Waals surface area contributed by atoms with E-state index in [1.54, 1.807) is 18.0 Å². The number of fused-ring (bicyclic) bond motifs is 1. The largest absolute Gasteiger partial charge is 0.449 e. The molecule has 0 fully saturated rings. The first-order chi connectivity index (χ1) is 16.6. The lowest BCUT2D eigenvalue weighted by atomic mass is 9.87. The highest BCUT2D eigenvalue weighted by Gasteiger charge is 2.27. The highest BCUT2D eigenvalue weighted by Crippen LogP contribution is 2.28. The van der Waals surface area contributed by atoms with Crippen LogP contribution in [0.1, 0.15) is 37.8 Å². The minimum absolute atomic E-state index is 0.0282. The molecule has 1 heterocycles. The molecule has 4 N–H and O–H groups in total. The van der Waals surface area contributed by atoms with Crippen LogP contribution in [0.2, 0.25) is 5.02 Å². The molecule has 0 saturated heterocycles. The van der Waals surface area contributed by atoms with Gasteiger partial charge in [0.2, 0.25) is 5.91 Å². The summed E-state index contributed by atoms with van der Waals surface area (Å²) in [5.74, 6) is -0.0282. The molecule has 0 bridgehead atoms. The molecule has 35 heavy (non-hydrogen) atoms. The molecule has 2 aromatic carbocycles. The van der Waals surface area contributed by atoms with Crippen LogP contribution < -0.4 is 16.4 Å². The van der Waals surface area contributed by atoms with E-state index in [0.717, 1.165) is 35.4 Å². The normalized spacial score (nSPS) is 13.0. The zero-order valence-electron chi connectivity index (χ0n) is 20.1. The Labute approximate surface area is 210 Å². The number of nitrogens with two attached hydrogens (primary N) is 2. The molecule has 0 atom stereocenters. The lowest BCUT2D eigenvalue weighted by Crippen LogP contribution is -2.33. The average Bonchev–Trinajstić information content (AvgIpc) is 2.94. The van der Waals surface area contributed by atoms with Crippen molar-refractivity contribution < 1.29 is 23.9 Å². The Hall–Kier alpha value is -3.59. The molecule has 9 nitrogen and oxygen atoms in total. The maximum absolute atomic E-state index is 12.0. The first-order valence-electron chi connectivity index (χ1n) is 11.1. The van der Waals surface area contributed by atoms with Crippen molar-refractivity contribution in [3.63, 3.8) is 0 Å². The summed E-state index contributed by atoms with van der Waals surface area (Å²) < 4.78 is 9.40. The predicted octanol–water partition coefficient (Wildman–Crippen LogP) is 4.14. The molecule has 1 aliphatic heterocycles. The monoisotopic (exact) mass is 502 g/mol. The Bertz CT molecular complexity index is 1060. The van der Waals surface area contributed by atoms with Gasteiger partial charge in [0.15, 0.2) is 0 Å². The molecule has 3 rings (SSSR count). The van der Waals surface area contributed by atoms with Crippen LogP contribution in [0, 0.1) is 5.41 Å². The van der Waals surface area contributed by atoms with Crippen molar-refractivity contribution in [1.29, 1.82) is 0 Å². The Kier molecular flexibility index (Phi) is 10.1. The molecular formula is C25H31ClN4O5. The third-order valence-electron chi connectivity index (χ3n) is 5.35. The van der Waals surface area contributed by atoms with Crippen molar-refractivity contribution in [2.75, 3.05) is 31.7 Å². The van der Waals surface area contributed by atoms with Gasteiger partial charge in [-0.2, -0.15) is 0 Å². The first-order valence-corrected chi connectivity index (χ1v) is 11.4. The molecule has 0 saturated carbocycles. The van der Waals surface area contributed by atoms with Crippen LogP contribution >= 0.6 is 11.6 Å². The van der Waals surface area contributed by atoms with Crippen molar-refractivity contribution in [1.82, 2.24) is 0 Å². The standard InChI is InChI=1S/C16H13ClN2O.C9H18N2O4/c1-19-14-8-7-12(17)9-13(14)16(18-10-15(19)20)11-5-3-2-4-6-11;1-3-4-9(2,5-14-7(10)12)6-15-8(11)13/h2-9H,10H2,1H3;3-6H2,1-2H3,(H2,10,12)(H2,11,13). The average molecular weight is 503 g/mol. The second-order valence-corrected chi connectivity index (χ2v) is 8.86. The second-order valence-electron chi connectivity index (χ2n) is 8.42. The van der Waals surface area contributed by atoms with E-state index in [1.807, 2.05) is 56.3 Å². The molecule has 2 aromatic rings. The third-order valence-corrected chi connectivity index (χ3v) is 5.58. The smallest absolute Gasteiger partial charge is 0.404 e. The van der Waals surface area contributed by atoms with Crippen molar-refractivity contribution in [3.05, 3.63) is 64.7 Å². The number of aliphatic imine (C=N–C) groups is 1. The number of hydrogen-bond donors (Lipinski definition) is 2. The molecule has 0 aromatic heterocycles. The lowest BCUT2D eigenvalue weighted by Gasteiger charge is -2.27. The minimum atomic E-state index is -0.837. The highest BCUT2D eigenvalue weighted by molar-refractivity contribution is 6.32. The van der Waals surface area contributed by atoms with Crippen LogP contribution in [0.25, 0.3) is 0 Å². The fourth-order valence-electron chi connectivity index (χ4n) is 3.59. The zero-order valence-corrected chi connectivity index (χ0v) is 20.9. The number of benzodiazepines with no additional fused rings is 1. The van der Waals surface area contributed by atoms with Gasteiger partial charge in [0.05, 0.1) is 11.4 Å². The predicted molar refractivity (Wildman–Crippen MR) is 136 cm³/mol. The number of rotatable bonds is 7. The Morgan fingerprint density at radius 3 is 2.23 bits per heavy atom. The third kappa shape index (κ3) is 8.29. The number of ether oxygens (including phenoxy) is 2. The molecule has 10 heteroatoms. The van der Waals surface area contributed by atoms with Gasteiger partial charge in [0.25, 0.3) is 0 Å². The summed E-state index contributed by atoms with van der Waals surface area (Å²) in [5, 5.41) is 0.634. The van der Waals surface area contributed by atoms with Gasteiger partial charge in [-0.25, -0.2) is 9.59 Å². The number of carbonyl (C=O) groups excluding carboxylic acids is 3. The molecule has 0 aliphatic carbocycles. The summed E-state index contributed by atoms with van der Waals surface area (Å²) in [5.41, 5.74) is 12.8. The summed E-state index contributed by atoms with van der Waals surface area (Å²) in [6.07, 6.45) is -0.0540. The summed E-state index contributed by atoms with van der Waals surface area (Å²) in [4.78, 5) is 39.0. The van der Waals surface area contributed by atoms with Crippen LogP contribution in [-0.4, -0.2) is 50.6 Å². The number of halogens is 1. The van der Waals surface area contributed by atoms with E-state index in [1.165, 1.54) is 0 Å². The van der Waals surface area contributed by atoms with Gasteiger partial charge in [0.1, 0.15) is 19.8 Å². The number of nitrogens with zero attached hydrogens (tertiary/aromatic N) is 2. The van der Waals surface area contributed by atoms with Crippen molar-refractivity contribution >= 4 is 41.1 Å². The van der Waals surface area contributed by atoms with Gasteiger partial charge >= 0.3 is 12.2 Å². The molecule has 1 aliphatic rings. The van der Waals surface area contributed by atoms with Gasteiger partial charge in [0, 0.05) is 28.6 Å². The van der Waals surface area contributed by atoms with E-state index < -0.39 is 17.6 Å². The number of likely N-dealkylation sites (N-methyl/N-ethyl adjacent to an activating group) is 1. The first kappa shape index (κ1) is 27.7. The van der Waals surface area contributed by atoms with Crippen LogP contribution in [0.15, 0.2) is 53.5 Å². The fraction of sp³-hybridized carbons (Fsp3) is 0.360. The summed E-state index contributed by atoms with van der Waals surface area (Å²) in [6.45, 7) is 4.19. The number of benzene rings is 2. The Morgan fingerprint density at radius 1 is 1.09 bits per heavy atom. The second kappa shape index (κ2) is 12.8. The van der Waals surface area contributed by atoms with Crippen LogP contribution in [0.3, 0.4) is 0 Å². The van der Waals surface area contributed by atoms with Gasteiger partial charge in [-0.05, 0) is 24.6 Å². The summed E-state index contributed by atoms with van der Waals surface area (Å²) in [7, 11) is 1.76. The molecule has 188 valence electrons.